The van der Waals surface area contributed by atoms with E-state index in [0.29, 0.717) is 40.0 Å². The summed E-state index contributed by atoms with van der Waals surface area (Å²) in [5, 5.41) is 18.2. The highest BCUT2D eigenvalue weighted by molar-refractivity contribution is 5.99. The first-order valence-electron chi connectivity index (χ1n) is 12.7. The number of nitrogens with zero attached hydrogens (tertiary/aromatic N) is 2. The number of anilines is 2. The zero-order valence-corrected chi connectivity index (χ0v) is 21.7. The molecule has 1 aliphatic carbocycles. The molecule has 1 saturated carbocycles. The Morgan fingerprint density at radius 2 is 1.85 bits per heavy atom. The number of methoxy groups -OCH3 is 1. The average molecular weight is 531 g/mol. The molecule has 1 aliphatic rings. The van der Waals surface area contributed by atoms with Gasteiger partial charge in [-0.1, -0.05) is 12.1 Å². The molecule has 0 spiro atoms. The van der Waals surface area contributed by atoms with Crippen LogP contribution in [0.1, 0.15) is 40.0 Å². The molecule has 2 amide bonds. The van der Waals surface area contributed by atoms with Crippen molar-refractivity contribution in [2.45, 2.75) is 25.4 Å². The minimum atomic E-state index is -0.315. The van der Waals surface area contributed by atoms with Gasteiger partial charge in [0, 0.05) is 36.5 Å². The van der Waals surface area contributed by atoms with Crippen molar-refractivity contribution < 1.29 is 24.2 Å². The number of benzene rings is 2. The van der Waals surface area contributed by atoms with Crippen molar-refractivity contribution in [1.29, 1.82) is 0 Å². The van der Waals surface area contributed by atoms with Crippen molar-refractivity contribution in [3.63, 3.8) is 0 Å². The van der Waals surface area contributed by atoms with Crippen LogP contribution in [0.2, 0.25) is 0 Å². The van der Waals surface area contributed by atoms with Crippen LogP contribution in [0, 0.1) is 0 Å². The lowest BCUT2D eigenvalue weighted by atomic mass is 9.96. The Morgan fingerprint density at radius 1 is 1.08 bits per heavy atom. The summed E-state index contributed by atoms with van der Waals surface area (Å²) in [5.74, 6) is 0.724. The summed E-state index contributed by atoms with van der Waals surface area (Å²) in [7, 11) is 3.11. The molecule has 2 aromatic heterocycles. The van der Waals surface area contributed by atoms with Gasteiger partial charge in [-0.05, 0) is 55.2 Å². The van der Waals surface area contributed by atoms with E-state index in [9.17, 15) is 9.59 Å². The Hall–Kier alpha value is -4.64. The minimum Gasteiger partial charge on any atom is -0.495 e. The Bertz CT molecular complexity index is 1500. The number of aliphatic hydroxyl groups excluding tert-OH is 1. The standard InChI is InChI=1S/C28H30N6O5/c1-29-25(36)17-8-6-16(7-9-17)20-15-31-24-23(20)27(39-19-4-3-5-19)34-28(33-24)32-21-11-10-18(14-22(21)38-2)26(37)30-12-13-35/h6-11,14-15,19,35H,3-5,12-13H2,1-2H3,(H,29,36)(H,30,37)(H2,31,32,33,34). The number of aliphatic hydroxyl groups is 1. The van der Waals surface area contributed by atoms with E-state index in [-0.39, 0.29) is 31.1 Å². The Labute approximate surface area is 225 Å². The van der Waals surface area contributed by atoms with Crippen molar-refractivity contribution in [2.24, 2.45) is 0 Å². The molecule has 5 N–H and O–H groups in total. The van der Waals surface area contributed by atoms with E-state index in [1.54, 1.807) is 37.4 Å². The number of hydrogen-bond acceptors (Lipinski definition) is 8. The molecule has 0 unspecified atom stereocenters. The van der Waals surface area contributed by atoms with Crippen LogP contribution < -0.4 is 25.4 Å². The van der Waals surface area contributed by atoms with Crippen molar-refractivity contribution in [3.05, 3.63) is 59.8 Å². The molecular weight excluding hydrogens is 500 g/mol. The predicted octanol–water partition coefficient (Wildman–Crippen LogP) is 3.39. The maximum atomic E-state index is 12.3. The first kappa shape index (κ1) is 26.0. The number of carbonyl (C=O) groups is 2. The van der Waals surface area contributed by atoms with Gasteiger partial charge in [0.05, 0.1) is 24.8 Å². The first-order valence-corrected chi connectivity index (χ1v) is 12.7. The number of fused-ring (bicyclic) bond motifs is 1. The first-order chi connectivity index (χ1) is 19.0. The van der Waals surface area contributed by atoms with Crippen molar-refractivity contribution in [3.8, 4) is 22.8 Å². The van der Waals surface area contributed by atoms with Gasteiger partial charge in [0.1, 0.15) is 17.5 Å². The van der Waals surface area contributed by atoms with Gasteiger partial charge < -0.3 is 35.5 Å². The molecule has 0 bridgehead atoms. The normalized spacial score (nSPS) is 13.0. The van der Waals surface area contributed by atoms with Gasteiger partial charge in [-0.25, -0.2) is 0 Å². The maximum Gasteiger partial charge on any atom is 0.251 e. The van der Waals surface area contributed by atoms with Crippen LogP contribution in [-0.2, 0) is 0 Å². The maximum absolute atomic E-state index is 12.3. The van der Waals surface area contributed by atoms with Gasteiger partial charge in [-0.2, -0.15) is 9.97 Å². The molecule has 2 aromatic carbocycles. The molecule has 11 nitrogen and oxygen atoms in total. The molecular formula is C28H30N6O5. The fraction of sp³-hybridized carbons (Fsp3) is 0.286. The molecule has 0 atom stereocenters. The zero-order valence-electron chi connectivity index (χ0n) is 21.7. The summed E-state index contributed by atoms with van der Waals surface area (Å²) >= 11 is 0. The predicted molar refractivity (Wildman–Crippen MR) is 147 cm³/mol. The van der Waals surface area contributed by atoms with Gasteiger partial charge in [-0.3, -0.25) is 9.59 Å². The van der Waals surface area contributed by atoms with Crippen LogP contribution >= 0.6 is 0 Å². The number of H-pyrrole nitrogens is 1. The lowest BCUT2D eigenvalue weighted by Crippen LogP contribution is -2.26. The SMILES string of the molecule is CNC(=O)c1ccc(-c2c[nH]c3nc(Nc4ccc(C(=O)NCCO)cc4OC)nc(OC4CCC4)c23)cc1. The number of hydrogen-bond donors (Lipinski definition) is 5. The highest BCUT2D eigenvalue weighted by Gasteiger charge is 2.24. The summed E-state index contributed by atoms with van der Waals surface area (Å²) < 4.78 is 11.8. The third-order valence-electron chi connectivity index (χ3n) is 6.62. The number of nitrogens with one attached hydrogen (secondary N) is 4. The van der Waals surface area contributed by atoms with Gasteiger partial charge in [0.15, 0.2) is 0 Å². The minimum absolute atomic E-state index is 0.0839. The van der Waals surface area contributed by atoms with E-state index in [2.05, 4.69) is 25.9 Å². The topological polar surface area (TPSA) is 150 Å². The average Bonchev–Trinajstić information content (AvgIpc) is 3.37. The monoisotopic (exact) mass is 530 g/mol. The summed E-state index contributed by atoms with van der Waals surface area (Å²) in [6.45, 7) is 0.0184. The van der Waals surface area contributed by atoms with E-state index < -0.39 is 0 Å². The summed E-state index contributed by atoms with van der Waals surface area (Å²) in [6.07, 6.45) is 4.97. The Morgan fingerprint density at radius 3 is 2.51 bits per heavy atom. The lowest BCUT2D eigenvalue weighted by molar-refractivity contribution is 0.0941. The summed E-state index contributed by atoms with van der Waals surface area (Å²) in [6, 6.07) is 12.3. The molecule has 11 heteroatoms. The molecule has 4 aromatic rings. The van der Waals surface area contributed by atoms with E-state index >= 15 is 0 Å². The third-order valence-corrected chi connectivity index (χ3v) is 6.62. The number of ether oxygens (including phenoxy) is 2. The van der Waals surface area contributed by atoms with E-state index in [1.807, 2.05) is 18.3 Å². The molecule has 2 heterocycles. The molecule has 202 valence electrons. The lowest BCUT2D eigenvalue weighted by Gasteiger charge is -2.26. The van der Waals surface area contributed by atoms with Crippen molar-refractivity contribution >= 4 is 34.5 Å². The highest BCUT2D eigenvalue weighted by Crippen LogP contribution is 2.37. The molecule has 0 aliphatic heterocycles. The summed E-state index contributed by atoms with van der Waals surface area (Å²) in [4.78, 5) is 36.9. The van der Waals surface area contributed by atoms with E-state index in [1.165, 1.54) is 7.11 Å². The summed E-state index contributed by atoms with van der Waals surface area (Å²) in [5.41, 5.74) is 3.89. The smallest absolute Gasteiger partial charge is 0.251 e. The van der Waals surface area contributed by atoms with Crippen LogP contribution in [0.5, 0.6) is 11.6 Å². The Kier molecular flexibility index (Phi) is 7.60. The number of rotatable bonds is 10. The molecule has 1 fully saturated rings. The van der Waals surface area contributed by atoms with Crippen molar-refractivity contribution in [1.82, 2.24) is 25.6 Å². The van der Waals surface area contributed by atoms with E-state index in [0.717, 1.165) is 35.8 Å². The Balaban J connectivity index is 1.49. The second-order valence-corrected chi connectivity index (χ2v) is 9.13. The molecule has 0 saturated heterocycles. The van der Waals surface area contributed by atoms with Gasteiger partial charge in [-0.15, -0.1) is 0 Å². The van der Waals surface area contributed by atoms with Crippen LogP contribution in [0.15, 0.2) is 48.7 Å². The third kappa shape index (κ3) is 5.48. The van der Waals surface area contributed by atoms with Gasteiger partial charge in [0.25, 0.3) is 11.8 Å². The quantitative estimate of drug-likeness (QED) is 0.209. The van der Waals surface area contributed by atoms with Crippen molar-refractivity contribution in [2.75, 3.05) is 32.6 Å². The number of carbonyl (C=O) groups excluding carboxylic acids is 2. The fourth-order valence-corrected chi connectivity index (χ4v) is 4.29. The van der Waals surface area contributed by atoms with Gasteiger partial charge >= 0.3 is 0 Å². The molecule has 39 heavy (non-hydrogen) atoms. The number of aromatic amines is 1. The van der Waals surface area contributed by atoms with Crippen LogP contribution in [0.4, 0.5) is 11.6 Å². The van der Waals surface area contributed by atoms with Crippen LogP contribution in [-0.4, -0.2) is 65.3 Å². The number of aromatic nitrogens is 3. The molecule has 5 rings (SSSR count). The zero-order chi connectivity index (χ0) is 27.4. The largest absolute Gasteiger partial charge is 0.495 e. The number of amides is 2. The molecule has 0 radical (unpaired) electrons. The fourth-order valence-electron chi connectivity index (χ4n) is 4.29. The van der Waals surface area contributed by atoms with Crippen LogP contribution in [0.25, 0.3) is 22.2 Å². The van der Waals surface area contributed by atoms with Crippen LogP contribution in [0.3, 0.4) is 0 Å². The second kappa shape index (κ2) is 11.4. The van der Waals surface area contributed by atoms with E-state index in [4.69, 9.17) is 19.6 Å². The van der Waals surface area contributed by atoms with Gasteiger partial charge in [0.2, 0.25) is 11.8 Å². The highest BCUT2D eigenvalue weighted by atomic mass is 16.5. The second-order valence-electron chi connectivity index (χ2n) is 9.13.